The van der Waals surface area contributed by atoms with Crippen LogP contribution in [0.5, 0.6) is 0 Å². The smallest absolute Gasteiger partial charge is 0.412 e. The van der Waals surface area contributed by atoms with Crippen molar-refractivity contribution < 1.29 is 13.9 Å². The minimum atomic E-state index is -0.572. The van der Waals surface area contributed by atoms with E-state index in [4.69, 9.17) is 4.74 Å². The fraction of sp³-hybridized carbons (Fsp3) is 0.111. The Kier molecular flexibility index (Phi) is 4.94. The van der Waals surface area contributed by atoms with Gasteiger partial charge in [0, 0.05) is 18.9 Å². The van der Waals surface area contributed by atoms with Crippen LogP contribution in [0.1, 0.15) is 5.56 Å². The number of ether oxygens (including phenoxy) is 1. The van der Waals surface area contributed by atoms with Gasteiger partial charge in [-0.1, -0.05) is 24.8 Å². The number of imidazole rings is 1. The Labute approximate surface area is 144 Å². The van der Waals surface area contributed by atoms with Crippen molar-refractivity contribution in [1.82, 2.24) is 9.38 Å². The molecule has 2 heterocycles. The number of carbonyl (C=O) groups excluding carboxylic acids is 1. The van der Waals surface area contributed by atoms with Gasteiger partial charge < -0.3 is 10.1 Å². The average Bonchev–Trinajstić information content (AvgIpc) is 3.11. The van der Waals surface area contributed by atoms with E-state index < -0.39 is 6.09 Å². The van der Waals surface area contributed by atoms with Gasteiger partial charge in [0.2, 0.25) is 0 Å². The number of amides is 1. The minimum absolute atomic E-state index is 0.133. The van der Waals surface area contributed by atoms with Crippen molar-refractivity contribution in [3.63, 3.8) is 0 Å². The van der Waals surface area contributed by atoms with Crippen molar-refractivity contribution in [3.05, 3.63) is 72.8 Å². The number of halogens is 1. The van der Waals surface area contributed by atoms with Crippen LogP contribution in [0.2, 0.25) is 0 Å². The SMILES string of the molecule is C=CCOC(=O)Nc1ccc(NCc2ccc(F)cc2)n2ccnc12. The third kappa shape index (κ3) is 3.95. The second kappa shape index (κ2) is 7.48. The van der Waals surface area contributed by atoms with E-state index in [9.17, 15) is 9.18 Å². The molecule has 3 aromatic rings. The lowest BCUT2D eigenvalue weighted by atomic mass is 10.2. The van der Waals surface area contributed by atoms with Crippen molar-refractivity contribution in [1.29, 1.82) is 0 Å². The lowest BCUT2D eigenvalue weighted by molar-refractivity contribution is 0.174. The topological polar surface area (TPSA) is 67.7 Å². The molecule has 0 aliphatic heterocycles. The van der Waals surface area contributed by atoms with Crippen molar-refractivity contribution in [2.75, 3.05) is 17.2 Å². The molecular formula is C18H17FN4O2. The van der Waals surface area contributed by atoms with Crippen LogP contribution in [0.25, 0.3) is 5.65 Å². The van der Waals surface area contributed by atoms with Gasteiger partial charge in [-0.15, -0.1) is 0 Å². The summed E-state index contributed by atoms with van der Waals surface area (Å²) in [4.78, 5) is 16.0. The van der Waals surface area contributed by atoms with Crippen LogP contribution in [0.4, 0.5) is 20.7 Å². The molecule has 0 aliphatic carbocycles. The highest BCUT2D eigenvalue weighted by atomic mass is 19.1. The Hall–Kier alpha value is -3.35. The van der Waals surface area contributed by atoms with Crippen LogP contribution in [-0.2, 0) is 11.3 Å². The Morgan fingerprint density at radius 2 is 2.08 bits per heavy atom. The molecule has 1 amide bonds. The number of pyridine rings is 1. The van der Waals surface area contributed by atoms with Gasteiger partial charge in [-0.2, -0.15) is 0 Å². The summed E-state index contributed by atoms with van der Waals surface area (Å²) in [6.45, 7) is 4.15. The molecule has 0 atom stereocenters. The number of anilines is 2. The summed E-state index contributed by atoms with van der Waals surface area (Å²) in [6, 6.07) is 9.85. The molecule has 128 valence electrons. The summed E-state index contributed by atoms with van der Waals surface area (Å²) in [5.74, 6) is 0.529. The first kappa shape index (κ1) is 16.5. The summed E-state index contributed by atoms with van der Waals surface area (Å²) in [7, 11) is 0. The fourth-order valence-electron chi connectivity index (χ4n) is 2.33. The summed E-state index contributed by atoms with van der Waals surface area (Å²) >= 11 is 0. The number of nitrogens with zero attached hydrogens (tertiary/aromatic N) is 2. The number of nitrogens with one attached hydrogen (secondary N) is 2. The fourth-order valence-corrected chi connectivity index (χ4v) is 2.33. The zero-order valence-electron chi connectivity index (χ0n) is 13.4. The van der Waals surface area contributed by atoms with Gasteiger partial charge in [0.05, 0.1) is 5.69 Å². The van der Waals surface area contributed by atoms with Crippen molar-refractivity contribution in [3.8, 4) is 0 Å². The lowest BCUT2D eigenvalue weighted by Crippen LogP contribution is -2.15. The normalized spacial score (nSPS) is 10.4. The number of rotatable bonds is 6. The molecule has 0 radical (unpaired) electrons. The predicted octanol–water partition coefficient (Wildman–Crippen LogP) is 3.82. The number of aromatic nitrogens is 2. The number of carbonyl (C=O) groups is 1. The standard InChI is InChI=1S/C18H17FN4O2/c1-2-11-25-18(24)22-15-7-8-16(23-10-9-20-17(15)23)21-12-13-3-5-14(19)6-4-13/h2-10,21H,1,11-12H2,(H,22,24). The zero-order chi connectivity index (χ0) is 17.6. The molecule has 0 saturated heterocycles. The van der Waals surface area contributed by atoms with E-state index in [1.807, 2.05) is 10.5 Å². The maximum absolute atomic E-state index is 13.0. The molecule has 25 heavy (non-hydrogen) atoms. The van der Waals surface area contributed by atoms with Gasteiger partial charge in [-0.25, -0.2) is 14.2 Å². The monoisotopic (exact) mass is 340 g/mol. The first-order valence-electron chi connectivity index (χ1n) is 7.66. The highest BCUT2D eigenvalue weighted by molar-refractivity contribution is 5.90. The van der Waals surface area contributed by atoms with Crippen molar-refractivity contribution in [2.45, 2.75) is 6.54 Å². The highest BCUT2D eigenvalue weighted by Crippen LogP contribution is 2.21. The van der Waals surface area contributed by atoms with E-state index in [2.05, 4.69) is 22.2 Å². The molecule has 0 aliphatic rings. The molecule has 0 saturated carbocycles. The zero-order valence-corrected chi connectivity index (χ0v) is 13.4. The Balaban J connectivity index is 1.75. The largest absolute Gasteiger partial charge is 0.445 e. The van der Waals surface area contributed by atoms with E-state index in [-0.39, 0.29) is 12.4 Å². The van der Waals surface area contributed by atoms with Crippen LogP contribution in [-0.4, -0.2) is 22.1 Å². The molecule has 2 aromatic heterocycles. The molecule has 2 N–H and O–H groups in total. The van der Waals surface area contributed by atoms with Gasteiger partial charge in [-0.05, 0) is 29.8 Å². The molecule has 1 aromatic carbocycles. The van der Waals surface area contributed by atoms with Crippen LogP contribution >= 0.6 is 0 Å². The molecule has 0 bridgehead atoms. The number of hydrogen-bond donors (Lipinski definition) is 2. The van der Waals surface area contributed by atoms with Gasteiger partial charge in [0.15, 0.2) is 5.65 Å². The lowest BCUT2D eigenvalue weighted by Gasteiger charge is -2.12. The van der Waals surface area contributed by atoms with E-state index in [0.717, 1.165) is 11.4 Å². The van der Waals surface area contributed by atoms with Crippen molar-refractivity contribution >= 4 is 23.2 Å². The quantitative estimate of drug-likeness (QED) is 0.670. The summed E-state index contributed by atoms with van der Waals surface area (Å²) in [5.41, 5.74) is 2.07. The average molecular weight is 340 g/mol. The number of hydrogen-bond acceptors (Lipinski definition) is 4. The molecule has 0 spiro atoms. The summed E-state index contributed by atoms with van der Waals surface area (Å²) < 4.78 is 19.7. The molecular weight excluding hydrogens is 323 g/mol. The van der Waals surface area contributed by atoms with E-state index >= 15 is 0 Å². The summed E-state index contributed by atoms with van der Waals surface area (Å²) in [5, 5.41) is 5.92. The van der Waals surface area contributed by atoms with Gasteiger partial charge in [0.1, 0.15) is 18.2 Å². The van der Waals surface area contributed by atoms with Gasteiger partial charge >= 0.3 is 6.09 Å². The maximum atomic E-state index is 13.0. The first-order chi connectivity index (χ1) is 12.2. The molecule has 7 heteroatoms. The third-order valence-corrected chi connectivity index (χ3v) is 3.50. The first-order valence-corrected chi connectivity index (χ1v) is 7.66. The molecule has 3 rings (SSSR count). The van der Waals surface area contributed by atoms with Gasteiger partial charge in [0.25, 0.3) is 0 Å². The number of fused-ring (bicyclic) bond motifs is 1. The second-order valence-corrected chi connectivity index (χ2v) is 5.25. The van der Waals surface area contributed by atoms with Crippen LogP contribution in [0.15, 0.2) is 61.4 Å². The second-order valence-electron chi connectivity index (χ2n) is 5.25. The van der Waals surface area contributed by atoms with E-state index in [1.165, 1.54) is 18.2 Å². The van der Waals surface area contributed by atoms with Gasteiger partial charge in [-0.3, -0.25) is 9.72 Å². The third-order valence-electron chi connectivity index (χ3n) is 3.50. The maximum Gasteiger partial charge on any atom is 0.412 e. The minimum Gasteiger partial charge on any atom is -0.445 e. The van der Waals surface area contributed by atoms with E-state index in [0.29, 0.717) is 17.9 Å². The molecule has 6 nitrogen and oxygen atoms in total. The number of benzene rings is 1. The van der Waals surface area contributed by atoms with E-state index in [1.54, 1.807) is 30.6 Å². The Bertz CT molecular complexity index is 890. The Morgan fingerprint density at radius 1 is 1.28 bits per heavy atom. The molecule has 0 unspecified atom stereocenters. The Morgan fingerprint density at radius 3 is 2.84 bits per heavy atom. The van der Waals surface area contributed by atoms with Crippen LogP contribution in [0.3, 0.4) is 0 Å². The highest BCUT2D eigenvalue weighted by Gasteiger charge is 2.10. The van der Waals surface area contributed by atoms with Crippen LogP contribution < -0.4 is 10.6 Å². The predicted molar refractivity (Wildman–Crippen MR) is 94.1 cm³/mol. The molecule has 0 fully saturated rings. The van der Waals surface area contributed by atoms with Crippen molar-refractivity contribution in [2.24, 2.45) is 0 Å². The summed E-state index contributed by atoms with van der Waals surface area (Å²) in [6.07, 6.45) is 4.34. The van der Waals surface area contributed by atoms with Crippen LogP contribution in [0, 0.1) is 5.82 Å².